The van der Waals surface area contributed by atoms with Crippen molar-refractivity contribution in [3.05, 3.63) is 37.2 Å². The molecule has 3 heteroatoms. The van der Waals surface area contributed by atoms with Gasteiger partial charge in [-0.1, -0.05) is 5.16 Å². The molecule has 0 saturated carbocycles. The van der Waals surface area contributed by atoms with Crippen molar-refractivity contribution < 1.29 is 4.84 Å². The number of rotatable bonds is 2. The molecule has 1 aromatic heterocycles. The summed E-state index contributed by atoms with van der Waals surface area (Å²) in [6, 6.07) is 3.75. The van der Waals surface area contributed by atoms with Gasteiger partial charge < -0.3 is 4.84 Å². The molecular formula is C8H9N2O. The number of hydrogen-bond acceptors (Lipinski definition) is 3. The lowest BCUT2D eigenvalue weighted by molar-refractivity contribution is 0.260. The van der Waals surface area contributed by atoms with E-state index in [9.17, 15) is 0 Å². The monoisotopic (exact) mass is 149 g/mol. The Balaban J connectivity index is 2.85. The molecule has 11 heavy (non-hydrogen) atoms. The average Bonchev–Trinajstić information content (AvgIpc) is 2.07. The highest BCUT2D eigenvalue weighted by atomic mass is 16.6. The van der Waals surface area contributed by atoms with E-state index in [4.69, 9.17) is 0 Å². The Morgan fingerprint density at radius 1 is 1.73 bits per heavy atom. The molecule has 1 heterocycles. The van der Waals surface area contributed by atoms with Gasteiger partial charge in [0.05, 0.1) is 5.71 Å². The van der Waals surface area contributed by atoms with Crippen LogP contribution in [0, 0.1) is 7.11 Å². The highest BCUT2D eigenvalue weighted by Crippen LogP contribution is 1.97. The normalized spacial score (nSPS) is 11.3. The Morgan fingerprint density at radius 2 is 2.55 bits per heavy atom. The van der Waals surface area contributed by atoms with Crippen LogP contribution in [-0.2, 0) is 4.84 Å². The second-order valence-corrected chi connectivity index (χ2v) is 2.05. The van der Waals surface area contributed by atoms with Crippen molar-refractivity contribution in [2.45, 2.75) is 6.92 Å². The largest absolute Gasteiger partial charge is 0.392 e. The molecule has 0 bridgehead atoms. The second-order valence-electron chi connectivity index (χ2n) is 2.05. The van der Waals surface area contributed by atoms with Gasteiger partial charge in [0.2, 0.25) is 0 Å². The summed E-state index contributed by atoms with van der Waals surface area (Å²) in [4.78, 5) is 8.30. The van der Waals surface area contributed by atoms with Crippen molar-refractivity contribution in [3.8, 4) is 0 Å². The third-order valence-electron chi connectivity index (χ3n) is 1.28. The van der Waals surface area contributed by atoms with Gasteiger partial charge in [0.15, 0.2) is 7.11 Å². The standard InChI is InChI=1S/C8H9N2O/c1-7(10-11-2)8-4-3-5-9-6-8/h3-6H,2H2,1H3/b10-7+. The summed E-state index contributed by atoms with van der Waals surface area (Å²) in [5.41, 5.74) is 1.71. The van der Waals surface area contributed by atoms with Crippen molar-refractivity contribution >= 4 is 5.71 Å². The SMILES string of the molecule is [CH2]O/N=C(\C)c1cccnc1. The van der Waals surface area contributed by atoms with Crippen molar-refractivity contribution in [3.63, 3.8) is 0 Å². The van der Waals surface area contributed by atoms with Crippen LogP contribution in [0.3, 0.4) is 0 Å². The van der Waals surface area contributed by atoms with Gasteiger partial charge in [-0.3, -0.25) is 4.98 Å². The lowest BCUT2D eigenvalue weighted by atomic mass is 10.2. The van der Waals surface area contributed by atoms with Gasteiger partial charge in [0.1, 0.15) is 0 Å². The molecule has 0 unspecified atom stereocenters. The Morgan fingerprint density at radius 3 is 3.09 bits per heavy atom. The molecule has 0 aliphatic rings. The van der Waals surface area contributed by atoms with Crippen LogP contribution < -0.4 is 0 Å². The molecule has 1 rings (SSSR count). The molecule has 0 N–H and O–H groups in total. The van der Waals surface area contributed by atoms with Crippen LogP contribution in [0.1, 0.15) is 12.5 Å². The molecule has 0 aliphatic heterocycles. The van der Waals surface area contributed by atoms with E-state index >= 15 is 0 Å². The first kappa shape index (κ1) is 7.72. The minimum Gasteiger partial charge on any atom is -0.392 e. The summed E-state index contributed by atoms with van der Waals surface area (Å²) in [5.74, 6) is 0. The molecule has 0 fully saturated rings. The summed E-state index contributed by atoms with van der Waals surface area (Å²) in [7, 11) is 3.14. The van der Waals surface area contributed by atoms with Gasteiger partial charge in [0.25, 0.3) is 0 Å². The molecular weight excluding hydrogens is 140 g/mol. The van der Waals surface area contributed by atoms with Crippen molar-refractivity contribution in [2.75, 3.05) is 0 Å². The molecule has 1 radical (unpaired) electrons. The number of pyridine rings is 1. The molecule has 3 nitrogen and oxygen atoms in total. The van der Waals surface area contributed by atoms with Gasteiger partial charge in [-0.05, 0) is 19.1 Å². The first-order valence-electron chi connectivity index (χ1n) is 3.21. The molecule has 0 aromatic carbocycles. The molecule has 57 valence electrons. The van der Waals surface area contributed by atoms with Crippen LogP contribution in [0.4, 0.5) is 0 Å². The van der Waals surface area contributed by atoms with E-state index in [-0.39, 0.29) is 0 Å². The summed E-state index contributed by atoms with van der Waals surface area (Å²) in [6.45, 7) is 1.84. The highest BCUT2D eigenvalue weighted by molar-refractivity contribution is 5.97. The lowest BCUT2D eigenvalue weighted by Gasteiger charge is -1.96. The van der Waals surface area contributed by atoms with E-state index in [1.165, 1.54) is 0 Å². The molecule has 0 amide bonds. The fourth-order valence-electron chi connectivity index (χ4n) is 0.726. The van der Waals surface area contributed by atoms with E-state index in [1.54, 1.807) is 12.4 Å². The fourth-order valence-corrected chi connectivity index (χ4v) is 0.726. The van der Waals surface area contributed by atoms with Gasteiger partial charge >= 0.3 is 0 Å². The third-order valence-corrected chi connectivity index (χ3v) is 1.28. The maximum absolute atomic E-state index is 4.37. The van der Waals surface area contributed by atoms with Crippen LogP contribution in [0.5, 0.6) is 0 Å². The van der Waals surface area contributed by atoms with E-state index < -0.39 is 0 Å². The summed E-state index contributed by atoms with van der Waals surface area (Å²) < 4.78 is 0. The van der Waals surface area contributed by atoms with Gasteiger partial charge in [-0.2, -0.15) is 0 Å². The van der Waals surface area contributed by atoms with Crippen LogP contribution >= 0.6 is 0 Å². The zero-order valence-electron chi connectivity index (χ0n) is 6.32. The summed E-state index contributed by atoms with van der Waals surface area (Å²) in [5, 5.41) is 3.66. The zero-order chi connectivity index (χ0) is 8.10. The predicted molar refractivity (Wildman–Crippen MR) is 42.9 cm³/mol. The number of aromatic nitrogens is 1. The maximum atomic E-state index is 4.37. The van der Waals surface area contributed by atoms with Crippen LogP contribution in [0.15, 0.2) is 29.7 Å². The highest BCUT2D eigenvalue weighted by Gasteiger charge is 1.94. The predicted octanol–water partition coefficient (Wildman–Crippen LogP) is 1.61. The summed E-state index contributed by atoms with van der Waals surface area (Å²) in [6.07, 6.45) is 3.43. The number of nitrogens with zero attached hydrogens (tertiary/aromatic N) is 2. The maximum Gasteiger partial charge on any atom is 0.153 e. The first-order valence-corrected chi connectivity index (χ1v) is 3.21. The Bertz CT molecular complexity index is 244. The Labute approximate surface area is 65.7 Å². The minimum absolute atomic E-state index is 0.771. The van der Waals surface area contributed by atoms with E-state index in [1.807, 2.05) is 19.1 Å². The third kappa shape index (κ3) is 2.04. The smallest absolute Gasteiger partial charge is 0.153 e. The molecule has 0 aliphatic carbocycles. The second kappa shape index (κ2) is 3.71. The van der Waals surface area contributed by atoms with Crippen LogP contribution in [0.25, 0.3) is 0 Å². The summed E-state index contributed by atoms with van der Waals surface area (Å²) >= 11 is 0. The van der Waals surface area contributed by atoms with Gasteiger partial charge in [0, 0.05) is 18.0 Å². The Hall–Kier alpha value is -1.38. The molecule has 1 aromatic rings. The fraction of sp³-hybridized carbons (Fsp3) is 0.125. The molecule has 0 saturated heterocycles. The Kier molecular flexibility index (Phi) is 2.60. The zero-order valence-corrected chi connectivity index (χ0v) is 6.32. The van der Waals surface area contributed by atoms with E-state index in [0.29, 0.717) is 0 Å². The quantitative estimate of drug-likeness (QED) is 0.473. The number of oxime groups is 1. The van der Waals surface area contributed by atoms with E-state index in [0.717, 1.165) is 11.3 Å². The minimum atomic E-state index is 0.771. The average molecular weight is 149 g/mol. The number of hydrogen-bond donors (Lipinski definition) is 0. The van der Waals surface area contributed by atoms with E-state index in [2.05, 4.69) is 22.1 Å². The lowest BCUT2D eigenvalue weighted by Crippen LogP contribution is -1.94. The first-order chi connectivity index (χ1) is 5.34. The molecule has 0 atom stereocenters. The molecule has 0 spiro atoms. The van der Waals surface area contributed by atoms with Gasteiger partial charge in [-0.15, -0.1) is 0 Å². The van der Waals surface area contributed by atoms with Crippen LogP contribution in [-0.4, -0.2) is 10.7 Å². The van der Waals surface area contributed by atoms with Gasteiger partial charge in [-0.25, -0.2) is 0 Å². The van der Waals surface area contributed by atoms with Crippen molar-refractivity contribution in [2.24, 2.45) is 5.16 Å². The van der Waals surface area contributed by atoms with Crippen molar-refractivity contribution in [1.29, 1.82) is 0 Å². The van der Waals surface area contributed by atoms with Crippen LogP contribution in [0.2, 0.25) is 0 Å². The van der Waals surface area contributed by atoms with Crippen molar-refractivity contribution in [1.82, 2.24) is 4.98 Å². The topological polar surface area (TPSA) is 34.5 Å².